The van der Waals surface area contributed by atoms with Crippen LogP contribution in [0.1, 0.15) is 0 Å². The minimum absolute atomic E-state index is 0.0441. The third kappa shape index (κ3) is 1.87. The number of nitrogens with zero attached hydrogens (tertiary/aromatic N) is 2. The SMILES string of the molecule is Cn1c(-c2ccc(N)cc2)nc2ccccc2c1=O. The van der Waals surface area contributed by atoms with Gasteiger partial charge in [-0.05, 0) is 36.4 Å². The van der Waals surface area contributed by atoms with Gasteiger partial charge in [-0.1, -0.05) is 12.1 Å². The molecular weight excluding hydrogens is 238 g/mol. The van der Waals surface area contributed by atoms with Gasteiger partial charge in [-0.25, -0.2) is 4.98 Å². The Morgan fingerprint density at radius 2 is 1.74 bits per heavy atom. The molecule has 0 amide bonds. The molecule has 0 saturated carbocycles. The maximum Gasteiger partial charge on any atom is 0.261 e. The number of rotatable bonds is 1. The van der Waals surface area contributed by atoms with Gasteiger partial charge >= 0.3 is 0 Å². The molecule has 0 saturated heterocycles. The molecule has 0 unspecified atom stereocenters. The highest BCUT2D eigenvalue weighted by molar-refractivity contribution is 5.79. The standard InChI is InChI=1S/C15H13N3O/c1-18-14(10-6-8-11(16)9-7-10)17-13-5-3-2-4-12(13)15(18)19/h2-9H,16H2,1H3. The van der Waals surface area contributed by atoms with Crippen molar-refractivity contribution < 1.29 is 0 Å². The molecule has 3 aromatic rings. The van der Waals surface area contributed by atoms with Crippen molar-refractivity contribution in [1.82, 2.24) is 9.55 Å². The van der Waals surface area contributed by atoms with Gasteiger partial charge in [-0.2, -0.15) is 0 Å². The van der Waals surface area contributed by atoms with Crippen molar-refractivity contribution in [2.45, 2.75) is 0 Å². The summed E-state index contributed by atoms with van der Waals surface area (Å²) < 4.78 is 1.56. The van der Waals surface area contributed by atoms with Gasteiger partial charge in [0.05, 0.1) is 10.9 Å². The van der Waals surface area contributed by atoms with Crippen LogP contribution in [0.3, 0.4) is 0 Å². The van der Waals surface area contributed by atoms with Crippen LogP contribution in [0.25, 0.3) is 22.3 Å². The van der Waals surface area contributed by atoms with E-state index in [4.69, 9.17) is 5.73 Å². The van der Waals surface area contributed by atoms with E-state index in [1.807, 2.05) is 30.3 Å². The Kier molecular flexibility index (Phi) is 2.56. The van der Waals surface area contributed by atoms with Gasteiger partial charge in [0.1, 0.15) is 5.82 Å². The van der Waals surface area contributed by atoms with Crippen LogP contribution in [0.5, 0.6) is 0 Å². The van der Waals surface area contributed by atoms with E-state index in [1.165, 1.54) is 0 Å². The van der Waals surface area contributed by atoms with Crippen LogP contribution in [0.2, 0.25) is 0 Å². The second-order valence-electron chi connectivity index (χ2n) is 4.44. The highest BCUT2D eigenvalue weighted by atomic mass is 16.1. The van der Waals surface area contributed by atoms with Gasteiger partial charge in [0.25, 0.3) is 5.56 Å². The summed E-state index contributed by atoms with van der Waals surface area (Å²) in [5.41, 5.74) is 7.90. The van der Waals surface area contributed by atoms with Crippen molar-refractivity contribution >= 4 is 16.6 Å². The molecule has 0 aliphatic rings. The monoisotopic (exact) mass is 251 g/mol. The zero-order valence-corrected chi connectivity index (χ0v) is 10.5. The fourth-order valence-electron chi connectivity index (χ4n) is 2.11. The molecule has 19 heavy (non-hydrogen) atoms. The first-order valence-electron chi connectivity index (χ1n) is 5.98. The highest BCUT2D eigenvalue weighted by Gasteiger charge is 2.09. The molecule has 3 rings (SSSR count). The van der Waals surface area contributed by atoms with E-state index < -0.39 is 0 Å². The van der Waals surface area contributed by atoms with E-state index in [2.05, 4.69) is 4.98 Å². The number of benzene rings is 2. The van der Waals surface area contributed by atoms with Crippen LogP contribution in [-0.2, 0) is 7.05 Å². The summed E-state index contributed by atoms with van der Waals surface area (Å²) in [6.07, 6.45) is 0. The lowest BCUT2D eigenvalue weighted by atomic mass is 10.1. The number of anilines is 1. The fourth-order valence-corrected chi connectivity index (χ4v) is 2.11. The van der Waals surface area contributed by atoms with Crippen LogP contribution in [0.15, 0.2) is 53.3 Å². The molecule has 2 aromatic carbocycles. The van der Waals surface area contributed by atoms with E-state index in [0.717, 1.165) is 5.56 Å². The van der Waals surface area contributed by atoms with Crippen molar-refractivity contribution in [3.8, 4) is 11.4 Å². The van der Waals surface area contributed by atoms with Crippen LogP contribution >= 0.6 is 0 Å². The second kappa shape index (κ2) is 4.24. The number of hydrogen-bond donors (Lipinski definition) is 1. The molecule has 0 fully saturated rings. The molecule has 1 aromatic heterocycles. The van der Waals surface area contributed by atoms with E-state index in [9.17, 15) is 4.79 Å². The number of hydrogen-bond acceptors (Lipinski definition) is 3. The zero-order chi connectivity index (χ0) is 13.4. The number of aromatic nitrogens is 2. The lowest BCUT2D eigenvalue weighted by Crippen LogP contribution is -2.20. The summed E-state index contributed by atoms with van der Waals surface area (Å²) in [5.74, 6) is 0.642. The van der Waals surface area contributed by atoms with Crippen molar-refractivity contribution in [2.24, 2.45) is 7.05 Å². The minimum Gasteiger partial charge on any atom is -0.399 e. The average molecular weight is 251 g/mol. The molecule has 0 atom stereocenters. The molecule has 4 heteroatoms. The lowest BCUT2D eigenvalue weighted by molar-refractivity contribution is 0.856. The normalized spacial score (nSPS) is 10.8. The Labute approximate surface area is 110 Å². The summed E-state index contributed by atoms with van der Waals surface area (Å²) in [7, 11) is 1.73. The molecule has 0 aliphatic carbocycles. The maximum absolute atomic E-state index is 12.3. The minimum atomic E-state index is -0.0441. The molecule has 4 nitrogen and oxygen atoms in total. The second-order valence-corrected chi connectivity index (χ2v) is 4.44. The average Bonchev–Trinajstić information content (AvgIpc) is 2.44. The first kappa shape index (κ1) is 11.5. The predicted octanol–water partition coefficient (Wildman–Crippen LogP) is 2.18. The summed E-state index contributed by atoms with van der Waals surface area (Å²) in [6.45, 7) is 0. The van der Waals surface area contributed by atoms with Crippen LogP contribution in [0, 0.1) is 0 Å². The van der Waals surface area contributed by atoms with Crippen LogP contribution in [-0.4, -0.2) is 9.55 Å². The van der Waals surface area contributed by atoms with Crippen molar-refractivity contribution in [3.05, 3.63) is 58.9 Å². The number of nitrogens with two attached hydrogens (primary N) is 1. The Bertz CT molecular complexity index is 804. The maximum atomic E-state index is 12.3. The van der Waals surface area contributed by atoms with E-state index >= 15 is 0 Å². The van der Waals surface area contributed by atoms with Gasteiger partial charge in [0.2, 0.25) is 0 Å². The first-order chi connectivity index (χ1) is 9.16. The van der Waals surface area contributed by atoms with Crippen LogP contribution < -0.4 is 11.3 Å². The highest BCUT2D eigenvalue weighted by Crippen LogP contribution is 2.19. The third-order valence-corrected chi connectivity index (χ3v) is 3.15. The summed E-state index contributed by atoms with van der Waals surface area (Å²) >= 11 is 0. The Morgan fingerprint density at radius 3 is 2.47 bits per heavy atom. The molecule has 2 N–H and O–H groups in total. The molecule has 94 valence electrons. The van der Waals surface area contributed by atoms with Crippen molar-refractivity contribution in [3.63, 3.8) is 0 Å². The van der Waals surface area contributed by atoms with Gasteiger partial charge in [-0.15, -0.1) is 0 Å². The van der Waals surface area contributed by atoms with Crippen molar-refractivity contribution in [1.29, 1.82) is 0 Å². The molecule has 0 spiro atoms. The number of para-hydroxylation sites is 1. The van der Waals surface area contributed by atoms with E-state index in [0.29, 0.717) is 22.4 Å². The van der Waals surface area contributed by atoms with E-state index in [1.54, 1.807) is 29.8 Å². The lowest BCUT2D eigenvalue weighted by Gasteiger charge is -2.09. The molecule has 0 aliphatic heterocycles. The largest absolute Gasteiger partial charge is 0.399 e. The molecule has 0 bridgehead atoms. The van der Waals surface area contributed by atoms with Gasteiger partial charge in [-0.3, -0.25) is 9.36 Å². The summed E-state index contributed by atoms with van der Waals surface area (Å²) in [4.78, 5) is 16.8. The fraction of sp³-hybridized carbons (Fsp3) is 0.0667. The van der Waals surface area contributed by atoms with Gasteiger partial charge in [0.15, 0.2) is 0 Å². The molecule has 1 heterocycles. The quantitative estimate of drug-likeness (QED) is 0.674. The topological polar surface area (TPSA) is 60.9 Å². The van der Waals surface area contributed by atoms with Gasteiger partial charge < -0.3 is 5.73 Å². The number of nitrogen functional groups attached to an aromatic ring is 1. The molecule has 0 radical (unpaired) electrons. The van der Waals surface area contributed by atoms with Crippen molar-refractivity contribution in [2.75, 3.05) is 5.73 Å². The number of fused-ring (bicyclic) bond motifs is 1. The first-order valence-corrected chi connectivity index (χ1v) is 5.98. The summed E-state index contributed by atoms with van der Waals surface area (Å²) in [6, 6.07) is 14.7. The van der Waals surface area contributed by atoms with E-state index in [-0.39, 0.29) is 5.56 Å². The Balaban J connectivity index is 2.33. The Morgan fingerprint density at radius 1 is 1.05 bits per heavy atom. The Hall–Kier alpha value is -2.62. The third-order valence-electron chi connectivity index (χ3n) is 3.15. The van der Waals surface area contributed by atoms with Gasteiger partial charge in [0, 0.05) is 18.3 Å². The molecular formula is C15H13N3O. The zero-order valence-electron chi connectivity index (χ0n) is 10.5. The van der Waals surface area contributed by atoms with Crippen LogP contribution in [0.4, 0.5) is 5.69 Å². The smallest absolute Gasteiger partial charge is 0.261 e. The predicted molar refractivity (Wildman–Crippen MR) is 76.8 cm³/mol. The summed E-state index contributed by atoms with van der Waals surface area (Å²) in [5, 5.41) is 0.629.